The molecule has 0 fully saturated rings. The van der Waals surface area contributed by atoms with Crippen molar-refractivity contribution in [1.29, 1.82) is 0 Å². The molecule has 0 aliphatic heterocycles. The molecule has 4 aromatic rings. The number of nitrogens with one attached hydrogen (secondary N) is 2. The summed E-state index contributed by atoms with van der Waals surface area (Å²) in [5.41, 5.74) is 5.58. The van der Waals surface area contributed by atoms with Crippen molar-refractivity contribution >= 4 is 49.7 Å². The third kappa shape index (κ3) is 3.26. The lowest BCUT2D eigenvalue weighted by Gasteiger charge is -2.07. The molecule has 4 rings (SSSR count). The van der Waals surface area contributed by atoms with Gasteiger partial charge in [-0.15, -0.1) is 0 Å². The van der Waals surface area contributed by atoms with Crippen LogP contribution in [0.15, 0.2) is 76.4 Å². The van der Waals surface area contributed by atoms with Crippen LogP contribution in [0.1, 0.15) is 11.1 Å². The molecule has 0 bridgehead atoms. The van der Waals surface area contributed by atoms with Crippen molar-refractivity contribution in [3.8, 4) is 0 Å². The van der Waals surface area contributed by atoms with Gasteiger partial charge in [-0.05, 0) is 28.5 Å². The highest BCUT2D eigenvalue weighted by atomic mass is 79.9. The van der Waals surface area contributed by atoms with Gasteiger partial charge in [0.05, 0.1) is 12.6 Å². The SMILES string of the molecule is O=C(Cc1ccc(Br)c2ccccc12)N/N=C\c1c[nH]c2ccccc12. The van der Waals surface area contributed by atoms with E-state index in [0.717, 1.165) is 37.3 Å². The van der Waals surface area contributed by atoms with E-state index in [0.29, 0.717) is 0 Å². The van der Waals surface area contributed by atoms with Gasteiger partial charge in [0, 0.05) is 27.1 Å². The average Bonchev–Trinajstić information content (AvgIpc) is 3.08. The summed E-state index contributed by atoms with van der Waals surface area (Å²) in [5.74, 6) is -0.145. The van der Waals surface area contributed by atoms with E-state index >= 15 is 0 Å². The first kappa shape index (κ1) is 16.5. The quantitative estimate of drug-likeness (QED) is 0.372. The van der Waals surface area contributed by atoms with Crippen molar-refractivity contribution in [3.63, 3.8) is 0 Å². The Morgan fingerprint density at radius 1 is 1.00 bits per heavy atom. The highest BCUT2D eigenvalue weighted by molar-refractivity contribution is 9.10. The summed E-state index contributed by atoms with van der Waals surface area (Å²) in [4.78, 5) is 15.5. The van der Waals surface area contributed by atoms with Crippen LogP contribution in [-0.2, 0) is 11.2 Å². The van der Waals surface area contributed by atoms with Gasteiger partial charge >= 0.3 is 0 Å². The molecule has 1 aromatic heterocycles. The Kier molecular flexibility index (Phi) is 4.54. The van der Waals surface area contributed by atoms with Crippen molar-refractivity contribution in [2.75, 3.05) is 0 Å². The number of nitrogens with zero attached hydrogens (tertiary/aromatic N) is 1. The molecule has 0 spiro atoms. The van der Waals surface area contributed by atoms with E-state index in [1.54, 1.807) is 6.21 Å². The van der Waals surface area contributed by atoms with Gasteiger partial charge in [0.2, 0.25) is 5.91 Å². The number of carbonyl (C=O) groups excluding carboxylic acids is 1. The molecule has 0 unspecified atom stereocenters. The number of hydrogen-bond acceptors (Lipinski definition) is 2. The van der Waals surface area contributed by atoms with E-state index < -0.39 is 0 Å². The Morgan fingerprint density at radius 2 is 1.73 bits per heavy atom. The lowest BCUT2D eigenvalue weighted by Crippen LogP contribution is -2.19. The molecule has 5 heteroatoms. The van der Waals surface area contributed by atoms with Crippen molar-refractivity contribution in [2.45, 2.75) is 6.42 Å². The number of carbonyl (C=O) groups is 1. The van der Waals surface area contributed by atoms with Crippen LogP contribution < -0.4 is 5.43 Å². The van der Waals surface area contributed by atoms with Crippen LogP contribution in [0.2, 0.25) is 0 Å². The van der Waals surface area contributed by atoms with Gasteiger partial charge in [-0.2, -0.15) is 5.10 Å². The van der Waals surface area contributed by atoms with Crippen LogP contribution in [0.5, 0.6) is 0 Å². The number of halogens is 1. The Labute approximate surface area is 159 Å². The van der Waals surface area contributed by atoms with E-state index in [1.807, 2.05) is 66.9 Å². The monoisotopic (exact) mass is 405 g/mol. The lowest BCUT2D eigenvalue weighted by atomic mass is 10.0. The van der Waals surface area contributed by atoms with Crippen molar-refractivity contribution in [3.05, 3.63) is 82.5 Å². The third-order valence-corrected chi connectivity index (χ3v) is 5.02. The predicted octanol–water partition coefficient (Wildman–Crippen LogP) is 4.78. The highest BCUT2D eigenvalue weighted by Gasteiger charge is 2.08. The maximum absolute atomic E-state index is 12.3. The van der Waals surface area contributed by atoms with Crippen LogP contribution in [0.25, 0.3) is 21.7 Å². The lowest BCUT2D eigenvalue weighted by molar-refractivity contribution is -0.120. The van der Waals surface area contributed by atoms with Gasteiger partial charge in [0.25, 0.3) is 0 Å². The smallest absolute Gasteiger partial charge is 0.244 e. The largest absolute Gasteiger partial charge is 0.361 e. The number of benzene rings is 3. The zero-order valence-electron chi connectivity index (χ0n) is 13.9. The maximum atomic E-state index is 12.3. The minimum atomic E-state index is -0.145. The molecule has 0 radical (unpaired) electrons. The molecule has 1 amide bonds. The first-order valence-electron chi connectivity index (χ1n) is 8.26. The molecule has 0 aliphatic carbocycles. The van der Waals surface area contributed by atoms with Crippen LogP contribution in [0.4, 0.5) is 0 Å². The van der Waals surface area contributed by atoms with Crippen LogP contribution >= 0.6 is 15.9 Å². The zero-order valence-corrected chi connectivity index (χ0v) is 15.5. The van der Waals surface area contributed by atoms with Crippen LogP contribution in [0, 0.1) is 0 Å². The molecule has 26 heavy (non-hydrogen) atoms. The zero-order chi connectivity index (χ0) is 17.9. The van der Waals surface area contributed by atoms with E-state index in [-0.39, 0.29) is 12.3 Å². The fraction of sp³-hybridized carbons (Fsp3) is 0.0476. The average molecular weight is 406 g/mol. The first-order valence-corrected chi connectivity index (χ1v) is 9.06. The summed E-state index contributed by atoms with van der Waals surface area (Å²) in [5, 5.41) is 7.34. The molecule has 2 N–H and O–H groups in total. The standard InChI is InChI=1S/C21H16BrN3O/c22-19-10-9-14(16-5-1-2-7-18(16)19)11-21(26)25-24-13-15-12-23-20-8-4-3-6-17(15)20/h1-10,12-13,23H,11H2,(H,25,26)/b24-13-. The van der Waals surface area contributed by atoms with E-state index in [1.165, 1.54) is 0 Å². The van der Waals surface area contributed by atoms with Crippen LogP contribution in [-0.4, -0.2) is 17.1 Å². The highest BCUT2D eigenvalue weighted by Crippen LogP contribution is 2.27. The maximum Gasteiger partial charge on any atom is 0.244 e. The minimum Gasteiger partial charge on any atom is -0.361 e. The molecule has 1 heterocycles. The summed E-state index contributed by atoms with van der Waals surface area (Å²) >= 11 is 3.55. The number of aromatic amines is 1. The molecule has 0 saturated carbocycles. The van der Waals surface area contributed by atoms with Crippen molar-refractivity contribution in [2.24, 2.45) is 5.10 Å². The topological polar surface area (TPSA) is 57.2 Å². The number of hydrazone groups is 1. The number of fused-ring (bicyclic) bond motifs is 2. The number of hydrogen-bond donors (Lipinski definition) is 2. The number of H-pyrrole nitrogens is 1. The van der Waals surface area contributed by atoms with E-state index in [4.69, 9.17) is 0 Å². The van der Waals surface area contributed by atoms with E-state index in [2.05, 4.69) is 31.4 Å². The molecular weight excluding hydrogens is 390 g/mol. The van der Waals surface area contributed by atoms with Crippen molar-refractivity contribution < 1.29 is 4.79 Å². The molecule has 4 nitrogen and oxygen atoms in total. The van der Waals surface area contributed by atoms with Crippen LogP contribution in [0.3, 0.4) is 0 Å². The summed E-state index contributed by atoms with van der Waals surface area (Å²) < 4.78 is 1.02. The molecule has 0 aliphatic rings. The normalized spacial score (nSPS) is 11.4. The minimum absolute atomic E-state index is 0.145. The Balaban J connectivity index is 1.49. The van der Waals surface area contributed by atoms with Gasteiger partial charge in [0.15, 0.2) is 0 Å². The number of rotatable bonds is 4. The molecule has 128 valence electrons. The first-order chi connectivity index (χ1) is 12.7. The van der Waals surface area contributed by atoms with Gasteiger partial charge in [0.1, 0.15) is 0 Å². The van der Waals surface area contributed by atoms with Gasteiger partial charge in [-0.1, -0.05) is 64.5 Å². The Bertz CT molecular complexity index is 1130. The predicted molar refractivity (Wildman–Crippen MR) is 109 cm³/mol. The van der Waals surface area contributed by atoms with Crippen molar-refractivity contribution in [1.82, 2.24) is 10.4 Å². The second-order valence-corrected chi connectivity index (χ2v) is 6.87. The molecule has 0 saturated heterocycles. The fourth-order valence-corrected chi connectivity index (χ4v) is 3.54. The summed E-state index contributed by atoms with van der Waals surface area (Å²) in [6.07, 6.45) is 3.82. The number of para-hydroxylation sites is 1. The summed E-state index contributed by atoms with van der Waals surface area (Å²) in [6, 6.07) is 19.9. The number of aromatic nitrogens is 1. The second kappa shape index (κ2) is 7.14. The summed E-state index contributed by atoms with van der Waals surface area (Å²) in [6.45, 7) is 0. The van der Waals surface area contributed by atoms with Gasteiger partial charge in [-0.25, -0.2) is 5.43 Å². The molecular formula is C21H16BrN3O. The Hall–Kier alpha value is -2.92. The number of amides is 1. The fourth-order valence-electron chi connectivity index (χ4n) is 3.07. The molecule has 3 aromatic carbocycles. The molecule has 0 atom stereocenters. The Morgan fingerprint density at radius 3 is 2.58 bits per heavy atom. The summed E-state index contributed by atoms with van der Waals surface area (Å²) in [7, 11) is 0. The van der Waals surface area contributed by atoms with E-state index in [9.17, 15) is 4.79 Å². The van der Waals surface area contributed by atoms with Gasteiger partial charge < -0.3 is 4.98 Å². The second-order valence-electron chi connectivity index (χ2n) is 6.01. The van der Waals surface area contributed by atoms with Gasteiger partial charge in [-0.3, -0.25) is 4.79 Å². The third-order valence-electron chi connectivity index (χ3n) is 4.33.